The molecule has 0 amide bonds. The molecule has 3 heteroatoms. The summed E-state index contributed by atoms with van der Waals surface area (Å²) in [5, 5.41) is 2.15. The molecule has 2 aromatic carbocycles. The van der Waals surface area contributed by atoms with Crippen LogP contribution in [0.2, 0.25) is 0 Å². The molecule has 1 heterocycles. The third-order valence-electron chi connectivity index (χ3n) is 2.47. The van der Waals surface area contributed by atoms with Gasteiger partial charge in [0.1, 0.15) is 19.0 Å². The van der Waals surface area contributed by atoms with Gasteiger partial charge in [-0.25, -0.2) is 0 Å². The van der Waals surface area contributed by atoms with Crippen LogP contribution in [0.3, 0.4) is 0 Å². The van der Waals surface area contributed by atoms with Crippen molar-refractivity contribution in [3.63, 3.8) is 0 Å². The van der Waals surface area contributed by atoms with Gasteiger partial charge in [0, 0.05) is 15.2 Å². The predicted octanol–water partition coefficient (Wildman–Crippen LogP) is 3.14. The molecule has 0 aliphatic heterocycles. The summed E-state index contributed by atoms with van der Waals surface area (Å²) in [6.45, 7) is 0. The number of hydrogen-bond donors (Lipinski definition) is 0. The molecular weight excluding hydrogens is 251 g/mol. The fraction of sp³-hybridized carbons (Fsp3) is 0. The molecule has 0 N–H and O–H groups in total. The fourth-order valence-corrected chi connectivity index (χ4v) is 2.29. The summed E-state index contributed by atoms with van der Waals surface area (Å²) in [6, 6.07) is 11.8. The van der Waals surface area contributed by atoms with Crippen molar-refractivity contribution in [2.75, 3.05) is 0 Å². The maximum Gasteiger partial charge on any atom is 0.135 e. The Morgan fingerprint density at radius 3 is 2.73 bits per heavy atom. The Bertz CT molecular complexity index is 657. The van der Waals surface area contributed by atoms with E-state index < -0.39 is 0 Å². The Balaban J connectivity index is 2.61. The van der Waals surface area contributed by atoms with Crippen LogP contribution in [0.4, 0.5) is 0 Å². The molecule has 3 aromatic rings. The number of furan rings is 1. The van der Waals surface area contributed by atoms with Crippen LogP contribution in [0.25, 0.3) is 21.9 Å². The largest absolute Gasteiger partial charge is 0.457 e. The van der Waals surface area contributed by atoms with Crippen molar-refractivity contribution < 1.29 is 4.42 Å². The summed E-state index contributed by atoms with van der Waals surface area (Å²) in [7, 11) is 5.90. The first kappa shape index (κ1) is 9.04. The lowest BCUT2D eigenvalue weighted by molar-refractivity contribution is 0.671. The third kappa shape index (κ3) is 1.30. The van der Waals surface area contributed by atoms with Crippen LogP contribution in [0.1, 0.15) is 0 Å². The normalized spacial score (nSPS) is 11.3. The lowest BCUT2D eigenvalue weighted by Gasteiger charge is -1.96. The van der Waals surface area contributed by atoms with Crippen molar-refractivity contribution in [1.29, 1.82) is 0 Å². The molecule has 0 unspecified atom stereocenters. The fourth-order valence-electron chi connectivity index (χ4n) is 1.82. The van der Waals surface area contributed by atoms with Gasteiger partial charge in [0.2, 0.25) is 0 Å². The molecule has 0 atom stereocenters. The summed E-state index contributed by atoms with van der Waals surface area (Å²) in [4.78, 5) is 0. The molecule has 15 heavy (non-hydrogen) atoms. The average molecular weight is 257 g/mol. The maximum atomic E-state index is 5.90. The predicted molar refractivity (Wildman–Crippen MR) is 66.8 cm³/mol. The minimum atomic E-state index is 0.663. The zero-order valence-corrected chi connectivity index (χ0v) is 9.41. The standard InChI is InChI=1S/C12H6BBrO/c13-10-6-7(14)5-9-8-3-1-2-4-11(8)15-12(9)10/h1-6H. The van der Waals surface area contributed by atoms with E-state index in [1.807, 2.05) is 36.4 Å². The Hall–Kier alpha value is -1.22. The molecule has 1 nitrogen and oxygen atoms in total. The Morgan fingerprint density at radius 1 is 1.07 bits per heavy atom. The minimum absolute atomic E-state index is 0.663. The van der Waals surface area contributed by atoms with E-state index >= 15 is 0 Å². The van der Waals surface area contributed by atoms with Crippen molar-refractivity contribution in [3.05, 3.63) is 40.9 Å². The second-order valence-electron chi connectivity index (χ2n) is 3.47. The zero-order valence-electron chi connectivity index (χ0n) is 7.83. The SMILES string of the molecule is [B]c1cc(Br)cc2c1oc1ccccc12. The minimum Gasteiger partial charge on any atom is -0.457 e. The van der Waals surface area contributed by atoms with Gasteiger partial charge in [-0.2, -0.15) is 0 Å². The lowest BCUT2D eigenvalue weighted by Crippen LogP contribution is -2.01. The molecule has 3 rings (SSSR count). The Morgan fingerprint density at radius 2 is 1.87 bits per heavy atom. The van der Waals surface area contributed by atoms with Crippen LogP contribution in [0, 0.1) is 0 Å². The molecule has 0 bridgehead atoms. The van der Waals surface area contributed by atoms with Gasteiger partial charge in [-0.1, -0.05) is 45.7 Å². The molecular formula is C12H6BBrO. The first-order chi connectivity index (χ1) is 7.25. The number of fused-ring (bicyclic) bond motifs is 3. The highest BCUT2D eigenvalue weighted by molar-refractivity contribution is 9.10. The van der Waals surface area contributed by atoms with E-state index in [2.05, 4.69) is 15.9 Å². The Labute approximate surface area is 96.6 Å². The van der Waals surface area contributed by atoms with E-state index in [1.165, 1.54) is 0 Å². The van der Waals surface area contributed by atoms with Crippen LogP contribution in [-0.2, 0) is 0 Å². The van der Waals surface area contributed by atoms with E-state index in [1.54, 1.807) is 0 Å². The summed E-state index contributed by atoms with van der Waals surface area (Å²) >= 11 is 3.43. The van der Waals surface area contributed by atoms with E-state index in [4.69, 9.17) is 12.3 Å². The van der Waals surface area contributed by atoms with Crippen LogP contribution < -0.4 is 5.46 Å². The first-order valence-electron chi connectivity index (χ1n) is 4.62. The van der Waals surface area contributed by atoms with E-state index in [0.29, 0.717) is 5.46 Å². The number of benzene rings is 2. The average Bonchev–Trinajstić information content (AvgIpc) is 2.57. The van der Waals surface area contributed by atoms with Crippen molar-refractivity contribution >= 4 is 51.2 Å². The second-order valence-corrected chi connectivity index (χ2v) is 4.39. The van der Waals surface area contributed by atoms with Gasteiger partial charge >= 0.3 is 0 Å². The molecule has 0 fully saturated rings. The zero-order chi connectivity index (χ0) is 10.4. The molecule has 1 aromatic heterocycles. The van der Waals surface area contributed by atoms with Crippen molar-refractivity contribution in [2.24, 2.45) is 0 Å². The van der Waals surface area contributed by atoms with Crippen LogP contribution in [0.5, 0.6) is 0 Å². The van der Waals surface area contributed by atoms with Gasteiger partial charge in [0.25, 0.3) is 0 Å². The molecule has 70 valence electrons. The summed E-state index contributed by atoms with van der Waals surface area (Å²) in [5.74, 6) is 0. The smallest absolute Gasteiger partial charge is 0.135 e. The van der Waals surface area contributed by atoms with E-state index in [0.717, 1.165) is 26.4 Å². The van der Waals surface area contributed by atoms with Gasteiger partial charge in [-0.3, -0.25) is 0 Å². The van der Waals surface area contributed by atoms with Crippen LogP contribution in [-0.4, -0.2) is 7.85 Å². The van der Waals surface area contributed by atoms with Crippen molar-refractivity contribution in [3.8, 4) is 0 Å². The highest BCUT2D eigenvalue weighted by atomic mass is 79.9. The van der Waals surface area contributed by atoms with Gasteiger partial charge in [-0.05, 0) is 12.1 Å². The summed E-state index contributed by atoms with van der Waals surface area (Å²) in [6.07, 6.45) is 0. The van der Waals surface area contributed by atoms with Gasteiger partial charge in [0.05, 0.1) is 0 Å². The number of halogens is 1. The highest BCUT2D eigenvalue weighted by Gasteiger charge is 2.08. The molecule has 2 radical (unpaired) electrons. The van der Waals surface area contributed by atoms with E-state index in [9.17, 15) is 0 Å². The summed E-state index contributed by atoms with van der Waals surface area (Å²) in [5.41, 5.74) is 2.30. The van der Waals surface area contributed by atoms with Gasteiger partial charge < -0.3 is 4.42 Å². The van der Waals surface area contributed by atoms with Gasteiger partial charge in [0.15, 0.2) is 0 Å². The first-order valence-corrected chi connectivity index (χ1v) is 5.41. The Kier molecular flexibility index (Phi) is 1.89. The monoisotopic (exact) mass is 256 g/mol. The third-order valence-corrected chi connectivity index (χ3v) is 2.93. The number of hydrogen-bond acceptors (Lipinski definition) is 1. The van der Waals surface area contributed by atoms with E-state index in [-0.39, 0.29) is 0 Å². The molecule has 0 aliphatic rings. The summed E-state index contributed by atoms with van der Waals surface area (Å²) < 4.78 is 6.66. The highest BCUT2D eigenvalue weighted by Crippen LogP contribution is 2.29. The maximum absolute atomic E-state index is 5.90. The molecule has 0 spiro atoms. The number of para-hydroxylation sites is 1. The van der Waals surface area contributed by atoms with Gasteiger partial charge in [-0.15, -0.1) is 0 Å². The molecule has 0 saturated heterocycles. The van der Waals surface area contributed by atoms with Crippen LogP contribution >= 0.6 is 15.9 Å². The molecule has 0 aliphatic carbocycles. The lowest BCUT2D eigenvalue weighted by atomic mass is 9.94. The van der Waals surface area contributed by atoms with Crippen molar-refractivity contribution in [1.82, 2.24) is 0 Å². The number of rotatable bonds is 0. The molecule has 0 saturated carbocycles. The van der Waals surface area contributed by atoms with Crippen molar-refractivity contribution in [2.45, 2.75) is 0 Å². The second kappa shape index (κ2) is 3.14. The van der Waals surface area contributed by atoms with Crippen LogP contribution in [0.15, 0.2) is 45.3 Å². The quantitative estimate of drug-likeness (QED) is 0.564. The topological polar surface area (TPSA) is 13.1 Å².